The highest BCUT2D eigenvalue weighted by atomic mass is 16.5. The van der Waals surface area contributed by atoms with Crippen molar-refractivity contribution < 1.29 is 19.1 Å². The molecule has 1 saturated heterocycles. The van der Waals surface area contributed by atoms with Gasteiger partial charge in [0, 0.05) is 19.8 Å². The van der Waals surface area contributed by atoms with Crippen LogP contribution in [-0.4, -0.2) is 42.5 Å². The first kappa shape index (κ1) is 14.6. The van der Waals surface area contributed by atoms with Crippen molar-refractivity contribution in [3.05, 3.63) is 0 Å². The maximum atomic E-state index is 12.1. The first-order valence-corrected chi connectivity index (χ1v) is 6.19. The second-order valence-electron chi connectivity index (χ2n) is 4.47. The molecule has 1 aliphatic rings. The van der Waals surface area contributed by atoms with E-state index in [9.17, 15) is 14.4 Å². The predicted molar refractivity (Wildman–Crippen MR) is 64.7 cm³/mol. The van der Waals surface area contributed by atoms with Gasteiger partial charge in [-0.05, 0) is 19.8 Å². The van der Waals surface area contributed by atoms with Crippen LogP contribution in [-0.2, 0) is 14.3 Å². The van der Waals surface area contributed by atoms with Gasteiger partial charge in [0.05, 0.1) is 0 Å². The third kappa shape index (κ3) is 3.07. The lowest BCUT2D eigenvalue weighted by Gasteiger charge is -2.34. The summed E-state index contributed by atoms with van der Waals surface area (Å²) in [6, 6.07) is -0.897. The fourth-order valence-electron chi connectivity index (χ4n) is 2.01. The first-order chi connectivity index (χ1) is 8.52. The van der Waals surface area contributed by atoms with Gasteiger partial charge in [-0.25, -0.2) is 4.79 Å². The number of hydrogen-bond acceptors (Lipinski definition) is 4. The SMILES string of the molecule is CCCC1C(=O)NC(=O)N(C(C)CCOC)C1=O. The lowest BCUT2D eigenvalue weighted by molar-refractivity contribution is -0.144. The third-order valence-corrected chi connectivity index (χ3v) is 3.06. The average molecular weight is 256 g/mol. The van der Waals surface area contributed by atoms with E-state index in [4.69, 9.17) is 4.74 Å². The zero-order valence-electron chi connectivity index (χ0n) is 11.1. The molecule has 1 aliphatic heterocycles. The van der Waals surface area contributed by atoms with Crippen LogP contribution in [0.2, 0.25) is 0 Å². The molecular formula is C12H20N2O4. The van der Waals surface area contributed by atoms with E-state index in [-0.39, 0.29) is 6.04 Å². The maximum Gasteiger partial charge on any atom is 0.331 e. The van der Waals surface area contributed by atoms with E-state index in [1.165, 1.54) is 0 Å². The van der Waals surface area contributed by atoms with Crippen LogP contribution < -0.4 is 5.32 Å². The van der Waals surface area contributed by atoms with Crippen molar-refractivity contribution in [2.24, 2.45) is 5.92 Å². The number of rotatable bonds is 6. The molecule has 2 unspecified atom stereocenters. The molecule has 18 heavy (non-hydrogen) atoms. The zero-order valence-corrected chi connectivity index (χ0v) is 11.1. The summed E-state index contributed by atoms with van der Waals surface area (Å²) in [5.74, 6) is -1.62. The molecule has 0 aromatic rings. The molecular weight excluding hydrogens is 236 g/mol. The number of nitrogens with zero attached hydrogens (tertiary/aromatic N) is 1. The number of methoxy groups -OCH3 is 1. The molecule has 4 amide bonds. The Morgan fingerprint density at radius 2 is 2.06 bits per heavy atom. The molecule has 0 radical (unpaired) electrons. The Labute approximate surface area is 107 Å². The molecule has 0 aromatic carbocycles. The number of imide groups is 2. The normalized spacial score (nSPS) is 22.1. The highest BCUT2D eigenvalue weighted by Gasteiger charge is 2.41. The smallest absolute Gasteiger partial charge is 0.331 e. The number of carbonyl (C=O) groups excluding carboxylic acids is 3. The van der Waals surface area contributed by atoms with Gasteiger partial charge in [0.15, 0.2) is 0 Å². The van der Waals surface area contributed by atoms with Crippen molar-refractivity contribution in [3.8, 4) is 0 Å². The van der Waals surface area contributed by atoms with Crippen molar-refractivity contribution in [1.29, 1.82) is 0 Å². The molecule has 102 valence electrons. The van der Waals surface area contributed by atoms with Gasteiger partial charge >= 0.3 is 6.03 Å². The summed E-state index contributed by atoms with van der Waals surface area (Å²) in [6.07, 6.45) is 1.74. The summed E-state index contributed by atoms with van der Waals surface area (Å²) in [4.78, 5) is 36.6. The topological polar surface area (TPSA) is 75.7 Å². The standard InChI is InChI=1S/C12H20N2O4/c1-4-5-9-10(15)13-12(17)14(11(9)16)8(2)6-7-18-3/h8-9H,4-7H2,1-3H3,(H,13,15,17). The van der Waals surface area contributed by atoms with Crippen LogP contribution in [0.4, 0.5) is 4.79 Å². The number of nitrogens with one attached hydrogen (secondary N) is 1. The summed E-state index contributed by atoms with van der Waals surface area (Å²) in [5, 5.41) is 2.24. The third-order valence-electron chi connectivity index (χ3n) is 3.06. The monoisotopic (exact) mass is 256 g/mol. The van der Waals surface area contributed by atoms with Crippen LogP contribution >= 0.6 is 0 Å². The van der Waals surface area contributed by atoms with E-state index in [2.05, 4.69) is 5.32 Å². The van der Waals surface area contributed by atoms with E-state index in [0.717, 1.165) is 11.3 Å². The number of carbonyl (C=O) groups is 3. The summed E-state index contributed by atoms with van der Waals surface area (Å²) < 4.78 is 4.93. The second kappa shape index (κ2) is 6.49. The van der Waals surface area contributed by atoms with Crippen molar-refractivity contribution in [2.75, 3.05) is 13.7 Å². The van der Waals surface area contributed by atoms with Gasteiger partial charge in [-0.2, -0.15) is 0 Å². The molecule has 2 atom stereocenters. The summed E-state index contributed by atoms with van der Waals surface area (Å²) in [6.45, 7) is 4.13. The van der Waals surface area contributed by atoms with Crippen LogP contribution in [0.1, 0.15) is 33.1 Å². The highest BCUT2D eigenvalue weighted by molar-refractivity contribution is 6.16. The van der Waals surface area contributed by atoms with Gasteiger partial charge in [-0.15, -0.1) is 0 Å². The largest absolute Gasteiger partial charge is 0.385 e. The summed E-state index contributed by atoms with van der Waals surface area (Å²) >= 11 is 0. The fraction of sp³-hybridized carbons (Fsp3) is 0.750. The van der Waals surface area contributed by atoms with Crippen molar-refractivity contribution >= 4 is 17.8 Å². The van der Waals surface area contributed by atoms with Crippen molar-refractivity contribution in [2.45, 2.75) is 39.2 Å². The van der Waals surface area contributed by atoms with E-state index in [1.807, 2.05) is 6.92 Å². The molecule has 1 rings (SSSR count). The Hall–Kier alpha value is -1.43. The second-order valence-corrected chi connectivity index (χ2v) is 4.47. The van der Waals surface area contributed by atoms with E-state index >= 15 is 0 Å². The lowest BCUT2D eigenvalue weighted by atomic mass is 9.98. The van der Waals surface area contributed by atoms with Gasteiger partial charge in [-0.1, -0.05) is 13.3 Å². The van der Waals surface area contributed by atoms with Gasteiger partial charge in [0.1, 0.15) is 5.92 Å². The molecule has 1 heterocycles. The van der Waals surface area contributed by atoms with Crippen LogP contribution in [0, 0.1) is 5.92 Å². The molecule has 1 fully saturated rings. The van der Waals surface area contributed by atoms with Gasteiger partial charge < -0.3 is 4.74 Å². The number of ether oxygens (including phenoxy) is 1. The zero-order chi connectivity index (χ0) is 13.7. The van der Waals surface area contributed by atoms with Crippen LogP contribution in [0.15, 0.2) is 0 Å². The molecule has 0 spiro atoms. The lowest BCUT2D eigenvalue weighted by Crippen LogP contribution is -2.60. The van der Waals surface area contributed by atoms with Gasteiger partial charge in [-0.3, -0.25) is 19.8 Å². The number of urea groups is 1. The molecule has 1 N–H and O–H groups in total. The molecule has 6 nitrogen and oxygen atoms in total. The van der Waals surface area contributed by atoms with Crippen molar-refractivity contribution in [1.82, 2.24) is 10.2 Å². The predicted octanol–water partition coefficient (Wildman–Crippen LogP) is 0.906. The Morgan fingerprint density at radius 1 is 1.39 bits per heavy atom. The van der Waals surface area contributed by atoms with E-state index in [1.54, 1.807) is 14.0 Å². The summed E-state index contributed by atoms with van der Waals surface area (Å²) in [5.41, 5.74) is 0. The fourth-order valence-corrected chi connectivity index (χ4v) is 2.01. The minimum absolute atomic E-state index is 0.273. The minimum atomic E-state index is -0.738. The number of hydrogen-bond donors (Lipinski definition) is 1. The molecule has 0 saturated carbocycles. The average Bonchev–Trinajstić information content (AvgIpc) is 2.31. The number of amides is 4. The van der Waals surface area contributed by atoms with Crippen LogP contribution in [0.3, 0.4) is 0 Å². The Kier molecular flexibility index (Phi) is 5.27. The van der Waals surface area contributed by atoms with Gasteiger partial charge in [0.2, 0.25) is 11.8 Å². The summed E-state index contributed by atoms with van der Waals surface area (Å²) in [7, 11) is 1.56. The molecule has 6 heteroatoms. The highest BCUT2D eigenvalue weighted by Crippen LogP contribution is 2.19. The molecule has 0 aromatic heterocycles. The number of barbiturate groups is 1. The maximum absolute atomic E-state index is 12.1. The Balaban J connectivity index is 2.79. The van der Waals surface area contributed by atoms with Crippen molar-refractivity contribution in [3.63, 3.8) is 0 Å². The quantitative estimate of drug-likeness (QED) is 0.717. The van der Waals surface area contributed by atoms with E-state index < -0.39 is 23.8 Å². The Bertz CT molecular complexity index is 343. The minimum Gasteiger partial charge on any atom is -0.385 e. The molecule has 0 aliphatic carbocycles. The first-order valence-electron chi connectivity index (χ1n) is 6.19. The van der Waals surface area contributed by atoms with Crippen LogP contribution in [0.5, 0.6) is 0 Å². The van der Waals surface area contributed by atoms with E-state index in [0.29, 0.717) is 19.4 Å². The molecule has 0 bridgehead atoms. The van der Waals surface area contributed by atoms with Gasteiger partial charge in [0.25, 0.3) is 0 Å². The van der Waals surface area contributed by atoms with Crippen LogP contribution in [0.25, 0.3) is 0 Å². The Morgan fingerprint density at radius 3 is 2.61 bits per heavy atom.